The van der Waals surface area contributed by atoms with Crippen LogP contribution in [0.2, 0.25) is 0 Å². The smallest absolute Gasteiger partial charge is 0.124 e. The van der Waals surface area contributed by atoms with Crippen LogP contribution in [0.5, 0.6) is 0 Å². The molecule has 16 heavy (non-hydrogen) atoms. The number of nitrogens with one attached hydrogen (secondary N) is 3. The molecule has 2 aliphatic heterocycles. The Bertz CT molecular complexity index is 340. The maximum atomic E-state index is 4.37. The molecule has 1 aromatic heterocycles. The predicted octanol–water partition coefficient (Wildman–Crippen LogP) is 0.0488. The fourth-order valence-corrected chi connectivity index (χ4v) is 2.15. The molecule has 0 radical (unpaired) electrons. The highest BCUT2D eigenvalue weighted by Crippen LogP contribution is 2.17. The van der Waals surface area contributed by atoms with Gasteiger partial charge in [-0.1, -0.05) is 0 Å². The van der Waals surface area contributed by atoms with Gasteiger partial charge < -0.3 is 16.0 Å². The molecule has 2 saturated heterocycles. The van der Waals surface area contributed by atoms with Gasteiger partial charge in [0.2, 0.25) is 0 Å². The lowest BCUT2D eigenvalue weighted by molar-refractivity contribution is 0.319. The summed E-state index contributed by atoms with van der Waals surface area (Å²) in [5, 5.41) is 14.4. The van der Waals surface area contributed by atoms with Crippen molar-refractivity contribution in [3.05, 3.63) is 12.3 Å². The van der Waals surface area contributed by atoms with Gasteiger partial charge >= 0.3 is 0 Å². The van der Waals surface area contributed by atoms with E-state index in [2.05, 4.69) is 31.8 Å². The van der Waals surface area contributed by atoms with Gasteiger partial charge in [-0.3, -0.25) is 0 Å². The summed E-state index contributed by atoms with van der Waals surface area (Å²) in [6, 6.07) is 2.61. The third-order valence-electron chi connectivity index (χ3n) is 3.50. The first-order chi connectivity index (χ1) is 7.93. The van der Waals surface area contributed by atoms with Crippen molar-refractivity contribution in [3.8, 4) is 0 Å². The Hall–Kier alpha value is -1.07. The average molecular weight is 221 g/mol. The second-order valence-corrected chi connectivity index (χ2v) is 4.71. The molecule has 0 saturated carbocycles. The molecule has 88 valence electrons. The molecule has 1 aromatic rings. The van der Waals surface area contributed by atoms with Gasteiger partial charge in [-0.25, -0.2) is 4.68 Å². The standard InChI is InChI=1S/C11H19N5/c1(9-5-12-6-9)3-14-11-2-4-15-16(11)10-7-13-8-10/h2,4,9-10,12-14H,1,3,5-8H2. The third-order valence-corrected chi connectivity index (χ3v) is 3.50. The molecular formula is C11H19N5. The Morgan fingerprint density at radius 1 is 1.31 bits per heavy atom. The van der Waals surface area contributed by atoms with Crippen LogP contribution in [0.4, 0.5) is 5.82 Å². The summed E-state index contributed by atoms with van der Waals surface area (Å²) >= 11 is 0. The van der Waals surface area contributed by atoms with Crippen LogP contribution in [0.25, 0.3) is 0 Å². The van der Waals surface area contributed by atoms with Crippen LogP contribution < -0.4 is 16.0 Å². The summed E-state index contributed by atoms with van der Waals surface area (Å²) in [6.45, 7) is 5.52. The van der Waals surface area contributed by atoms with Crippen molar-refractivity contribution in [3.63, 3.8) is 0 Å². The van der Waals surface area contributed by atoms with Gasteiger partial charge in [-0.2, -0.15) is 5.10 Å². The minimum absolute atomic E-state index is 0.544. The van der Waals surface area contributed by atoms with E-state index in [4.69, 9.17) is 0 Å². The Kier molecular flexibility index (Phi) is 2.80. The molecule has 0 atom stereocenters. The van der Waals surface area contributed by atoms with Crippen LogP contribution in [0, 0.1) is 5.92 Å². The quantitative estimate of drug-likeness (QED) is 0.657. The lowest BCUT2D eigenvalue weighted by atomic mass is 10.00. The zero-order valence-electron chi connectivity index (χ0n) is 9.45. The molecular weight excluding hydrogens is 202 g/mol. The average Bonchev–Trinajstić information content (AvgIpc) is 2.55. The summed E-state index contributed by atoms with van der Waals surface area (Å²) in [6.07, 6.45) is 3.13. The summed E-state index contributed by atoms with van der Waals surface area (Å²) in [7, 11) is 0. The van der Waals surface area contributed by atoms with Crippen LogP contribution in [0.1, 0.15) is 12.5 Å². The molecule has 3 heterocycles. The van der Waals surface area contributed by atoms with Crippen molar-refractivity contribution in [2.75, 3.05) is 38.0 Å². The van der Waals surface area contributed by atoms with E-state index < -0.39 is 0 Å². The first-order valence-corrected chi connectivity index (χ1v) is 6.12. The highest BCUT2D eigenvalue weighted by molar-refractivity contribution is 5.34. The van der Waals surface area contributed by atoms with E-state index in [0.717, 1.165) is 25.6 Å². The first kappa shape index (κ1) is 10.1. The number of hydrogen-bond acceptors (Lipinski definition) is 4. The first-order valence-electron chi connectivity index (χ1n) is 6.12. The molecule has 3 N–H and O–H groups in total. The van der Waals surface area contributed by atoms with E-state index in [1.807, 2.05) is 6.20 Å². The highest BCUT2D eigenvalue weighted by atomic mass is 15.4. The molecule has 0 bridgehead atoms. The van der Waals surface area contributed by atoms with Crippen molar-refractivity contribution >= 4 is 5.82 Å². The summed E-state index contributed by atoms with van der Waals surface area (Å²) in [5.41, 5.74) is 0. The normalized spacial score (nSPS) is 21.5. The minimum atomic E-state index is 0.544. The van der Waals surface area contributed by atoms with Crippen LogP contribution in [0.3, 0.4) is 0 Å². The molecule has 0 aliphatic carbocycles. The van der Waals surface area contributed by atoms with Gasteiger partial charge in [0, 0.05) is 25.7 Å². The van der Waals surface area contributed by atoms with E-state index >= 15 is 0 Å². The van der Waals surface area contributed by atoms with Crippen molar-refractivity contribution in [2.45, 2.75) is 12.5 Å². The zero-order valence-corrected chi connectivity index (χ0v) is 9.45. The summed E-state index contributed by atoms with van der Waals surface area (Å²) < 4.78 is 2.11. The van der Waals surface area contributed by atoms with Crippen molar-refractivity contribution < 1.29 is 0 Å². The van der Waals surface area contributed by atoms with Crippen LogP contribution in [-0.4, -0.2) is 42.5 Å². The fourth-order valence-electron chi connectivity index (χ4n) is 2.15. The molecule has 0 spiro atoms. The van der Waals surface area contributed by atoms with E-state index in [-0.39, 0.29) is 0 Å². The van der Waals surface area contributed by atoms with E-state index in [1.54, 1.807) is 0 Å². The maximum absolute atomic E-state index is 4.37. The van der Waals surface area contributed by atoms with E-state index in [9.17, 15) is 0 Å². The molecule has 2 aliphatic rings. The van der Waals surface area contributed by atoms with E-state index in [1.165, 1.54) is 25.3 Å². The fraction of sp³-hybridized carbons (Fsp3) is 0.727. The van der Waals surface area contributed by atoms with Gasteiger partial charge in [0.15, 0.2) is 0 Å². The number of nitrogens with zero attached hydrogens (tertiary/aromatic N) is 2. The maximum Gasteiger partial charge on any atom is 0.124 e. The Balaban J connectivity index is 1.50. The molecule has 5 nitrogen and oxygen atoms in total. The molecule has 3 rings (SSSR count). The number of anilines is 1. The minimum Gasteiger partial charge on any atom is -0.370 e. The highest BCUT2D eigenvalue weighted by Gasteiger charge is 2.21. The third kappa shape index (κ3) is 1.92. The van der Waals surface area contributed by atoms with Gasteiger partial charge in [0.05, 0.1) is 12.2 Å². The summed E-state index contributed by atoms with van der Waals surface area (Å²) in [5.74, 6) is 2.04. The topological polar surface area (TPSA) is 53.9 Å². The lowest BCUT2D eigenvalue weighted by Gasteiger charge is -2.30. The zero-order chi connectivity index (χ0) is 10.8. The molecule has 0 aromatic carbocycles. The van der Waals surface area contributed by atoms with Crippen molar-refractivity contribution in [1.82, 2.24) is 20.4 Å². The predicted molar refractivity (Wildman–Crippen MR) is 63.6 cm³/mol. The number of aromatic nitrogens is 2. The van der Waals surface area contributed by atoms with Gasteiger partial charge in [-0.15, -0.1) is 0 Å². The monoisotopic (exact) mass is 221 g/mol. The van der Waals surface area contributed by atoms with Gasteiger partial charge in [0.25, 0.3) is 0 Å². The van der Waals surface area contributed by atoms with Crippen LogP contribution in [0.15, 0.2) is 12.3 Å². The second kappa shape index (κ2) is 4.43. The Labute approximate surface area is 95.6 Å². The van der Waals surface area contributed by atoms with E-state index in [0.29, 0.717) is 6.04 Å². The van der Waals surface area contributed by atoms with Crippen LogP contribution in [-0.2, 0) is 0 Å². The lowest BCUT2D eigenvalue weighted by Crippen LogP contribution is -2.44. The summed E-state index contributed by atoms with van der Waals surface area (Å²) in [4.78, 5) is 0. The second-order valence-electron chi connectivity index (χ2n) is 4.71. The SMILES string of the molecule is c1cc(NCCC2CNC2)n(C2CNC2)n1. The Morgan fingerprint density at radius 2 is 2.12 bits per heavy atom. The Morgan fingerprint density at radius 3 is 2.75 bits per heavy atom. The van der Waals surface area contributed by atoms with Crippen molar-refractivity contribution in [1.29, 1.82) is 0 Å². The van der Waals surface area contributed by atoms with Crippen molar-refractivity contribution in [2.24, 2.45) is 5.92 Å². The molecule has 2 fully saturated rings. The molecule has 0 unspecified atom stereocenters. The molecule has 0 amide bonds. The van der Waals surface area contributed by atoms with Crippen LogP contribution >= 0.6 is 0 Å². The largest absolute Gasteiger partial charge is 0.370 e. The molecule has 5 heteroatoms. The number of rotatable bonds is 5. The van der Waals surface area contributed by atoms with Gasteiger partial charge in [0.1, 0.15) is 5.82 Å². The van der Waals surface area contributed by atoms with Gasteiger partial charge in [-0.05, 0) is 25.4 Å². The number of hydrogen-bond donors (Lipinski definition) is 3.